The van der Waals surface area contributed by atoms with Crippen molar-refractivity contribution in [2.75, 3.05) is 51.3 Å². The van der Waals surface area contributed by atoms with Crippen molar-refractivity contribution in [2.24, 2.45) is 11.7 Å². The summed E-state index contributed by atoms with van der Waals surface area (Å²) in [6.45, 7) is 4.23. The van der Waals surface area contributed by atoms with E-state index in [9.17, 15) is 14.4 Å². The van der Waals surface area contributed by atoms with E-state index in [1.54, 1.807) is 28.4 Å². The monoisotopic (exact) mass is 566 g/mol. The molecule has 4 aliphatic rings. The average molecular weight is 567 g/mol. The molecule has 6 rings (SSSR count). The van der Waals surface area contributed by atoms with Crippen LogP contribution in [0.15, 0.2) is 29.6 Å². The minimum Gasteiger partial charge on any atom is -0.366 e. The second kappa shape index (κ2) is 11.6. The Morgan fingerprint density at radius 2 is 1.82 bits per heavy atom. The van der Waals surface area contributed by atoms with Gasteiger partial charge in [0.15, 0.2) is 10.9 Å². The number of carbonyl (C=O) groups is 3. The van der Waals surface area contributed by atoms with E-state index in [1.165, 1.54) is 0 Å². The predicted molar refractivity (Wildman–Crippen MR) is 153 cm³/mol. The molecule has 0 unspecified atom stereocenters. The molecule has 1 aromatic carbocycles. The van der Waals surface area contributed by atoms with Crippen LogP contribution in [0.1, 0.15) is 42.5 Å². The van der Waals surface area contributed by atoms with Gasteiger partial charge in [-0.15, -0.1) is 11.3 Å². The minimum absolute atomic E-state index is 0.0184. The fraction of sp³-hybridized carbons (Fsp3) is 0.586. The smallest absolute Gasteiger partial charge is 0.251 e. The number of hydrogen-bond donors (Lipinski definition) is 2. The fourth-order valence-corrected chi connectivity index (χ4v) is 7.39. The number of carbonyl (C=O) groups excluding carboxylic acids is 3. The first-order chi connectivity index (χ1) is 19.4. The average Bonchev–Trinajstić information content (AvgIpc) is 3.70. The first kappa shape index (κ1) is 27.3. The summed E-state index contributed by atoms with van der Waals surface area (Å²) in [7, 11) is 2.14. The highest BCUT2D eigenvalue weighted by Crippen LogP contribution is 2.32. The number of Topliss-reactive ketones (excluding diaryl/α,β-unsaturated/α-hetero) is 1. The van der Waals surface area contributed by atoms with Crippen LogP contribution < -0.4 is 16.0 Å². The number of aromatic nitrogens is 1. The number of hydrogen-bond acceptors (Lipinski definition) is 9. The van der Waals surface area contributed by atoms with Crippen molar-refractivity contribution in [1.29, 1.82) is 0 Å². The molecular formula is C29H38N6O4S. The van der Waals surface area contributed by atoms with Crippen molar-refractivity contribution in [1.82, 2.24) is 20.1 Å². The second-order valence-corrected chi connectivity index (χ2v) is 12.4. The van der Waals surface area contributed by atoms with Gasteiger partial charge in [0.2, 0.25) is 5.91 Å². The highest BCUT2D eigenvalue weighted by atomic mass is 32.1. The van der Waals surface area contributed by atoms with Crippen LogP contribution in [0.5, 0.6) is 0 Å². The zero-order valence-electron chi connectivity index (χ0n) is 23.0. The molecule has 4 fully saturated rings. The molecule has 3 saturated heterocycles. The van der Waals surface area contributed by atoms with E-state index in [4.69, 9.17) is 15.5 Å². The number of anilines is 1. The lowest BCUT2D eigenvalue weighted by Crippen LogP contribution is -2.55. The number of likely N-dealkylation sites (N-methyl/N-ethyl adjacent to an activating group) is 1. The summed E-state index contributed by atoms with van der Waals surface area (Å²) in [5, 5.41) is 6.13. The summed E-state index contributed by atoms with van der Waals surface area (Å²) < 4.78 is 5.58. The number of amides is 2. The van der Waals surface area contributed by atoms with Crippen LogP contribution >= 0.6 is 11.3 Å². The molecule has 40 heavy (non-hydrogen) atoms. The van der Waals surface area contributed by atoms with Crippen LogP contribution in [0.3, 0.4) is 0 Å². The highest BCUT2D eigenvalue weighted by molar-refractivity contribution is 7.14. The fourth-order valence-electron chi connectivity index (χ4n) is 6.50. The molecule has 10 nitrogen and oxygen atoms in total. The van der Waals surface area contributed by atoms with Crippen LogP contribution in [0.4, 0.5) is 5.13 Å². The van der Waals surface area contributed by atoms with Crippen molar-refractivity contribution < 1.29 is 19.1 Å². The number of nitrogens with one attached hydrogen (secondary N) is 1. The zero-order valence-corrected chi connectivity index (χ0v) is 23.8. The summed E-state index contributed by atoms with van der Waals surface area (Å²) in [6, 6.07) is 5.64. The predicted octanol–water partition coefficient (Wildman–Crippen LogP) is 1.75. The van der Waals surface area contributed by atoms with Crippen molar-refractivity contribution in [2.45, 2.75) is 56.3 Å². The first-order valence-corrected chi connectivity index (χ1v) is 15.3. The molecule has 214 valence electrons. The van der Waals surface area contributed by atoms with Gasteiger partial charge in [-0.25, -0.2) is 4.98 Å². The number of thiazole rings is 1. The number of nitrogens with two attached hydrogens (primary N) is 1. The molecule has 0 spiro atoms. The summed E-state index contributed by atoms with van der Waals surface area (Å²) in [5.74, 6) is -0.605. The molecule has 3 aliphatic heterocycles. The topological polar surface area (TPSA) is 121 Å². The van der Waals surface area contributed by atoms with E-state index < -0.39 is 24.2 Å². The number of ether oxygens (including phenoxy) is 1. The Morgan fingerprint density at radius 3 is 2.55 bits per heavy atom. The molecule has 4 atom stereocenters. The van der Waals surface area contributed by atoms with Crippen LogP contribution in [0.2, 0.25) is 0 Å². The van der Waals surface area contributed by atoms with Gasteiger partial charge < -0.3 is 30.5 Å². The van der Waals surface area contributed by atoms with Gasteiger partial charge in [-0.1, -0.05) is 31.4 Å². The van der Waals surface area contributed by atoms with Crippen molar-refractivity contribution in [3.05, 3.63) is 35.2 Å². The van der Waals surface area contributed by atoms with Gasteiger partial charge in [0, 0.05) is 49.2 Å². The van der Waals surface area contributed by atoms with Gasteiger partial charge in [0.05, 0.1) is 11.7 Å². The minimum atomic E-state index is -0.698. The normalized spacial score (nSPS) is 26.6. The van der Waals surface area contributed by atoms with E-state index in [-0.39, 0.29) is 36.7 Å². The molecule has 2 aromatic rings. The molecule has 0 bridgehead atoms. The number of piperazine rings is 1. The van der Waals surface area contributed by atoms with Gasteiger partial charge >= 0.3 is 0 Å². The van der Waals surface area contributed by atoms with Crippen molar-refractivity contribution in [3.8, 4) is 11.3 Å². The Kier molecular flexibility index (Phi) is 7.89. The number of ketones is 1. The molecule has 1 aliphatic carbocycles. The van der Waals surface area contributed by atoms with Gasteiger partial charge in [-0.3, -0.25) is 14.4 Å². The van der Waals surface area contributed by atoms with Crippen LogP contribution in [0.25, 0.3) is 11.3 Å². The molecule has 11 heteroatoms. The second-order valence-electron chi connectivity index (χ2n) is 11.6. The van der Waals surface area contributed by atoms with E-state index in [0.717, 1.165) is 74.7 Å². The number of benzene rings is 1. The summed E-state index contributed by atoms with van der Waals surface area (Å²) >= 11 is 1.64. The SMILES string of the molecule is CN1CCN(c2nc(-c3ccc(C(=O)N[C@H](C(=O)N4C[C@H](N)[C@H]5OCC(=O)[C@H]54)C4CCCCC4)cc3)cs2)CC1. The summed E-state index contributed by atoms with van der Waals surface area (Å²) in [5.41, 5.74) is 8.56. The Bertz CT molecular complexity index is 1240. The lowest BCUT2D eigenvalue weighted by Gasteiger charge is -2.34. The maximum absolute atomic E-state index is 13.9. The van der Waals surface area contributed by atoms with Gasteiger partial charge in [0.25, 0.3) is 5.91 Å². The van der Waals surface area contributed by atoms with Crippen molar-refractivity contribution in [3.63, 3.8) is 0 Å². The van der Waals surface area contributed by atoms with Gasteiger partial charge in [0.1, 0.15) is 24.8 Å². The molecular weight excluding hydrogens is 528 g/mol. The first-order valence-electron chi connectivity index (χ1n) is 14.4. The standard InChI is InChI=1S/C29H38N6O4S/c1-33-11-13-34(14-12-33)29-31-22(17-40-29)18-7-9-20(10-8-18)27(37)32-24(19-5-3-2-4-6-19)28(38)35-15-21(30)26-25(35)23(36)16-39-26/h7-10,17,19,21,24-26H,2-6,11-16,30H2,1H3,(H,32,37)/t21-,24-,25+,26+/m0/s1. The van der Waals surface area contributed by atoms with Gasteiger partial charge in [-0.05, 0) is 37.9 Å². The molecule has 1 saturated carbocycles. The number of fused-ring (bicyclic) bond motifs is 1. The van der Waals surface area contributed by atoms with Crippen LogP contribution in [0, 0.1) is 5.92 Å². The quantitative estimate of drug-likeness (QED) is 0.543. The Balaban J connectivity index is 1.16. The lowest BCUT2D eigenvalue weighted by molar-refractivity contribution is -0.139. The number of nitrogens with zero attached hydrogens (tertiary/aromatic N) is 4. The molecule has 1 aromatic heterocycles. The maximum atomic E-state index is 13.9. The third-order valence-electron chi connectivity index (χ3n) is 8.89. The Labute approximate surface area is 238 Å². The third-order valence-corrected chi connectivity index (χ3v) is 9.79. The molecule has 0 radical (unpaired) electrons. The largest absolute Gasteiger partial charge is 0.366 e. The number of rotatable bonds is 6. The lowest BCUT2D eigenvalue weighted by atomic mass is 9.83. The maximum Gasteiger partial charge on any atom is 0.251 e. The van der Waals surface area contributed by atoms with Crippen molar-refractivity contribution >= 4 is 34.1 Å². The summed E-state index contributed by atoms with van der Waals surface area (Å²) in [4.78, 5) is 50.9. The molecule has 4 heterocycles. The Hall–Kier alpha value is -2.86. The van der Waals surface area contributed by atoms with Crippen LogP contribution in [-0.2, 0) is 14.3 Å². The van der Waals surface area contributed by atoms with Gasteiger partial charge in [-0.2, -0.15) is 0 Å². The number of likely N-dealkylation sites (tertiary alicyclic amines) is 1. The molecule has 2 amide bonds. The van der Waals surface area contributed by atoms with E-state index in [2.05, 4.69) is 27.5 Å². The third kappa shape index (κ3) is 5.39. The highest BCUT2D eigenvalue weighted by Gasteiger charge is 2.52. The van der Waals surface area contributed by atoms with E-state index in [1.807, 2.05) is 12.1 Å². The van der Waals surface area contributed by atoms with E-state index >= 15 is 0 Å². The molecule has 3 N–H and O–H groups in total. The van der Waals surface area contributed by atoms with E-state index in [0.29, 0.717) is 5.56 Å². The zero-order chi connectivity index (χ0) is 27.8. The Morgan fingerprint density at radius 1 is 1.10 bits per heavy atom. The van der Waals surface area contributed by atoms with Crippen LogP contribution in [-0.4, -0.2) is 103 Å². The summed E-state index contributed by atoms with van der Waals surface area (Å²) in [6.07, 6.45) is 4.45.